The Balaban J connectivity index is 1.18. The van der Waals surface area contributed by atoms with Crippen LogP contribution >= 0.6 is 11.6 Å². The highest BCUT2D eigenvalue weighted by Gasteiger charge is 2.66. The van der Waals surface area contributed by atoms with Crippen molar-refractivity contribution >= 4 is 23.4 Å². The van der Waals surface area contributed by atoms with Crippen molar-refractivity contribution in [3.8, 4) is 11.5 Å². The van der Waals surface area contributed by atoms with E-state index in [9.17, 15) is 9.59 Å². The molecule has 2 bridgehead atoms. The number of amides is 2. The summed E-state index contributed by atoms with van der Waals surface area (Å²) >= 11 is 6.30. The minimum atomic E-state index is -0.746. The van der Waals surface area contributed by atoms with E-state index in [0.29, 0.717) is 36.2 Å². The zero-order chi connectivity index (χ0) is 21.9. The molecule has 0 aliphatic carbocycles. The van der Waals surface area contributed by atoms with Crippen LogP contribution in [-0.4, -0.2) is 41.8 Å². The minimum absolute atomic E-state index is 0.0694. The van der Waals surface area contributed by atoms with Gasteiger partial charge in [0.15, 0.2) is 11.5 Å². The van der Waals surface area contributed by atoms with Crippen LogP contribution in [0.3, 0.4) is 0 Å². The Labute approximate surface area is 189 Å². The van der Waals surface area contributed by atoms with Gasteiger partial charge in [-0.15, -0.1) is 0 Å². The van der Waals surface area contributed by atoms with Gasteiger partial charge in [-0.1, -0.05) is 48.0 Å². The number of carbonyl (C=O) groups excluding carboxylic acids is 2. The second-order valence-electron chi connectivity index (χ2n) is 8.59. The molecule has 7 nitrogen and oxygen atoms in total. The van der Waals surface area contributed by atoms with Gasteiger partial charge in [-0.05, 0) is 29.3 Å². The van der Waals surface area contributed by atoms with E-state index in [1.165, 1.54) is 0 Å². The lowest BCUT2D eigenvalue weighted by Crippen LogP contribution is -2.43. The molecule has 1 N–H and O–H groups in total. The number of ether oxygens (including phenoxy) is 3. The highest BCUT2D eigenvalue weighted by molar-refractivity contribution is 6.31. The number of hydrogen-bond donors (Lipinski definition) is 1. The Morgan fingerprint density at radius 1 is 1.19 bits per heavy atom. The number of likely N-dealkylation sites (tertiary alicyclic amines) is 1. The number of nitrogens with one attached hydrogen (secondary N) is 1. The standard InChI is InChI=1S/C24H21ClN2O5/c25-16-4-2-1-3-15(16)11-27-12-24-8-7-18(32-24)20(21(24)23(27)29)22(28)26-10-14-5-6-17-19(9-14)31-13-30-17/h1-9,18,20-21H,10-13H2,(H,26,28). The van der Waals surface area contributed by atoms with Crippen molar-refractivity contribution in [1.82, 2.24) is 10.2 Å². The summed E-state index contributed by atoms with van der Waals surface area (Å²) in [4.78, 5) is 28.3. The first kappa shape index (κ1) is 19.6. The van der Waals surface area contributed by atoms with Crippen molar-refractivity contribution in [2.24, 2.45) is 11.8 Å². The van der Waals surface area contributed by atoms with Crippen molar-refractivity contribution in [3.05, 3.63) is 70.8 Å². The van der Waals surface area contributed by atoms with Gasteiger partial charge in [0.1, 0.15) is 5.60 Å². The summed E-state index contributed by atoms with van der Waals surface area (Å²) in [5, 5.41) is 3.60. The maximum atomic E-state index is 13.4. The van der Waals surface area contributed by atoms with Gasteiger partial charge >= 0.3 is 0 Å². The van der Waals surface area contributed by atoms with E-state index in [1.54, 1.807) is 4.90 Å². The predicted molar refractivity (Wildman–Crippen MR) is 115 cm³/mol. The summed E-state index contributed by atoms with van der Waals surface area (Å²) in [5.41, 5.74) is 1.03. The molecular weight excluding hydrogens is 432 g/mol. The Morgan fingerprint density at radius 2 is 2.03 bits per heavy atom. The quantitative estimate of drug-likeness (QED) is 0.706. The molecule has 6 rings (SSSR count). The molecule has 4 unspecified atom stereocenters. The topological polar surface area (TPSA) is 77.1 Å². The van der Waals surface area contributed by atoms with Crippen LogP contribution in [0.25, 0.3) is 0 Å². The summed E-state index contributed by atoms with van der Waals surface area (Å²) in [6.07, 6.45) is 3.48. The molecular formula is C24H21ClN2O5. The molecule has 2 aromatic carbocycles. The third kappa shape index (κ3) is 2.99. The lowest BCUT2D eigenvalue weighted by atomic mass is 9.77. The summed E-state index contributed by atoms with van der Waals surface area (Å²) < 4.78 is 16.9. The molecule has 4 aliphatic heterocycles. The van der Waals surface area contributed by atoms with Gasteiger partial charge in [0.05, 0.1) is 24.5 Å². The lowest BCUT2D eigenvalue weighted by molar-refractivity contribution is -0.137. The molecule has 8 heteroatoms. The Hall–Kier alpha value is -3.03. The van der Waals surface area contributed by atoms with Crippen molar-refractivity contribution < 1.29 is 23.8 Å². The van der Waals surface area contributed by atoms with Gasteiger partial charge in [0, 0.05) is 18.1 Å². The van der Waals surface area contributed by atoms with E-state index in [2.05, 4.69) is 5.32 Å². The molecule has 0 radical (unpaired) electrons. The minimum Gasteiger partial charge on any atom is -0.454 e. The van der Waals surface area contributed by atoms with Crippen molar-refractivity contribution in [2.45, 2.75) is 24.8 Å². The molecule has 4 atom stereocenters. The molecule has 1 spiro atoms. The zero-order valence-electron chi connectivity index (χ0n) is 17.1. The van der Waals surface area contributed by atoms with Crippen LogP contribution in [0, 0.1) is 11.8 Å². The monoisotopic (exact) mass is 452 g/mol. The van der Waals surface area contributed by atoms with Crippen molar-refractivity contribution in [1.29, 1.82) is 0 Å². The van der Waals surface area contributed by atoms with E-state index in [0.717, 1.165) is 11.1 Å². The second-order valence-corrected chi connectivity index (χ2v) is 9.00. The molecule has 2 saturated heterocycles. The van der Waals surface area contributed by atoms with Gasteiger partial charge in [0.25, 0.3) is 0 Å². The number of nitrogens with zero attached hydrogens (tertiary/aromatic N) is 1. The second kappa shape index (κ2) is 7.25. The van der Waals surface area contributed by atoms with Crippen LogP contribution in [0.15, 0.2) is 54.6 Å². The van der Waals surface area contributed by atoms with Crippen LogP contribution in [0.4, 0.5) is 0 Å². The molecule has 32 heavy (non-hydrogen) atoms. The van der Waals surface area contributed by atoms with Crippen LogP contribution in [-0.2, 0) is 27.4 Å². The number of hydrogen-bond acceptors (Lipinski definition) is 5. The number of fused-ring (bicyclic) bond motifs is 2. The third-order valence-electron chi connectivity index (χ3n) is 6.70. The fraction of sp³-hybridized carbons (Fsp3) is 0.333. The smallest absolute Gasteiger partial charge is 0.231 e. The number of halogens is 1. The van der Waals surface area contributed by atoms with Crippen LogP contribution in [0.1, 0.15) is 11.1 Å². The van der Waals surface area contributed by atoms with Crippen LogP contribution in [0.5, 0.6) is 11.5 Å². The first-order chi connectivity index (χ1) is 15.5. The van der Waals surface area contributed by atoms with Crippen molar-refractivity contribution in [3.63, 3.8) is 0 Å². The van der Waals surface area contributed by atoms with Gasteiger partial charge in [0.2, 0.25) is 18.6 Å². The molecule has 2 fully saturated rings. The maximum Gasteiger partial charge on any atom is 0.231 e. The third-order valence-corrected chi connectivity index (χ3v) is 7.07. The molecule has 0 aromatic heterocycles. The van der Waals surface area contributed by atoms with E-state index >= 15 is 0 Å². The number of benzene rings is 2. The summed E-state index contributed by atoms with van der Waals surface area (Å²) in [7, 11) is 0. The summed E-state index contributed by atoms with van der Waals surface area (Å²) in [5.74, 6) is 0.0261. The molecule has 2 aromatic rings. The summed E-state index contributed by atoms with van der Waals surface area (Å²) in [6.45, 7) is 1.35. The fourth-order valence-electron chi connectivity index (χ4n) is 5.20. The zero-order valence-corrected chi connectivity index (χ0v) is 17.9. The van der Waals surface area contributed by atoms with E-state index < -0.39 is 17.4 Å². The van der Waals surface area contributed by atoms with Gasteiger partial charge in [-0.25, -0.2) is 0 Å². The van der Waals surface area contributed by atoms with Gasteiger partial charge < -0.3 is 24.4 Å². The maximum absolute atomic E-state index is 13.4. The average Bonchev–Trinajstić information content (AvgIpc) is 3.54. The van der Waals surface area contributed by atoms with Crippen LogP contribution < -0.4 is 14.8 Å². The number of rotatable bonds is 5. The molecule has 0 saturated carbocycles. The normalized spacial score (nSPS) is 29.0. The molecule has 2 amide bonds. The first-order valence-electron chi connectivity index (χ1n) is 10.6. The largest absolute Gasteiger partial charge is 0.454 e. The van der Waals surface area contributed by atoms with Gasteiger partial charge in [-0.2, -0.15) is 0 Å². The van der Waals surface area contributed by atoms with E-state index in [1.807, 2.05) is 54.6 Å². The highest BCUT2D eigenvalue weighted by Crippen LogP contribution is 2.52. The van der Waals surface area contributed by atoms with Crippen molar-refractivity contribution in [2.75, 3.05) is 13.3 Å². The number of carbonyl (C=O) groups is 2. The van der Waals surface area contributed by atoms with E-state index in [4.69, 9.17) is 25.8 Å². The lowest BCUT2D eigenvalue weighted by Gasteiger charge is -2.23. The fourth-order valence-corrected chi connectivity index (χ4v) is 5.40. The average molecular weight is 453 g/mol. The molecule has 4 aliphatic rings. The Kier molecular flexibility index (Phi) is 4.45. The van der Waals surface area contributed by atoms with Gasteiger partial charge in [-0.3, -0.25) is 9.59 Å². The first-order valence-corrected chi connectivity index (χ1v) is 11.0. The molecule has 164 valence electrons. The Morgan fingerprint density at radius 3 is 2.91 bits per heavy atom. The predicted octanol–water partition coefficient (Wildman–Crippen LogP) is 2.67. The summed E-state index contributed by atoms with van der Waals surface area (Å²) in [6, 6.07) is 13.0. The SMILES string of the molecule is O=C(NCc1ccc2c(c1)OCO2)C1C2C=CC3(CN(Cc4ccccc4Cl)C(=O)C13)O2. The Bertz CT molecular complexity index is 1150. The van der Waals surface area contributed by atoms with Crippen LogP contribution in [0.2, 0.25) is 5.02 Å². The molecule has 4 heterocycles. The highest BCUT2D eigenvalue weighted by atomic mass is 35.5. The van der Waals surface area contributed by atoms with E-state index in [-0.39, 0.29) is 24.7 Å².